The van der Waals surface area contributed by atoms with Crippen LogP contribution in [0, 0.1) is 0 Å². The van der Waals surface area contributed by atoms with E-state index >= 15 is 0 Å². The van der Waals surface area contributed by atoms with Gasteiger partial charge >= 0.3 is 0 Å². The average molecular weight is 270 g/mol. The Morgan fingerprint density at radius 2 is 1.00 bits per heavy atom. The molecule has 0 saturated carbocycles. The summed E-state index contributed by atoms with van der Waals surface area (Å²) in [5, 5.41) is 5.29. The zero-order valence-corrected chi connectivity index (χ0v) is 12.1. The van der Waals surface area contributed by atoms with E-state index in [0.29, 0.717) is 0 Å². The van der Waals surface area contributed by atoms with E-state index in [9.17, 15) is 0 Å². The zero-order valence-electron chi connectivity index (χ0n) is 10.4. The maximum Gasteiger partial charge on any atom is 0.00755 e. The van der Waals surface area contributed by atoms with E-state index in [2.05, 4.69) is 61.0 Å². The number of thioether (sulfide) groups is 2. The summed E-state index contributed by atoms with van der Waals surface area (Å²) in [6.45, 7) is 0. The second-order valence-corrected chi connectivity index (χ2v) is 6.04. The standard InChI is InChI=1S/C16H14S2/c1-17-15-5-3-11-8-14-10-16(18-2)6-4-12(14)7-13(11)9-15/h3-10H,1-2H3. The highest BCUT2D eigenvalue weighted by atomic mass is 32.2. The molecule has 0 spiro atoms. The van der Waals surface area contributed by atoms with Crippen molar-refractivity contribution in [2.24, 2.45) is 0 Å². The Hall–Kier alpha value is -1.12. The topological polar surface area (TPSA) is 0 Å². The van der Waals surface area contributed by atoms with Crippen molar-refractivity contribution in [3.8, 4) is 0 Å². The molecule has 0 saturated heterocycles. The third-order valence-corrected chi connectivity index (χ3v) is 4.66. The molecule has 3 aromatic rings. The predicted molar refractivity (Wildman–Crippen MR) is 85.0 cm³/mol. The van der Waals surface area contributed by atoms with E-state index in [-0.39, 0.29) is 0 Å². The molecule has 0 aliphatic rings. The molecular formula is C16H14S2. The molecule has 0 nitrogen and oxygen atoms in total. The minimum absolute atomic E-state index is 1.32. The van der Waals surface area contributed by atoms with E-state index in [4.69, 9.17) is 0 Å². The molecule has 3 aromatic carbocycles. The lowest BCUT2D eigenvalue weighted by atomic mass is 10.0. The molecule has 3 rings (SSSR count). The second-order valence-electron chi connectivity index (χ2n) is 4.28. The zero-order chi connectivity index (χ0) is 12.5. The molecule has 0 amide bonds. The van der Waals surface area contributed by atoms with Gasteiger partial charge in [0.25, 0.3) is 0 Å². The second kappa shape index (κ2) is 4.87. The van der Waals surface area contributed by atoms with Crippen LogP contribution in [0.3, 0.4) is 0 Å². The number of benzene rings is 3. The highest BCUT2D eigenvalue weighted by Gasteiger charge is 2.00. The van der Waals surface area contributed by atoms with Gasteiger partial charge in [-0.3, -0.25) is 0 Å². The van der Waals surface area contributed by atoms with Gasteiger partial charge in [-0.25, -0.2) is 0 Å². The molecule has 18 heavy (non-hydrogen) atoms. The minimum atomic E-state index is 1.32. The predicted octanol–water partition coefficient (Wildman–Crippen LogP) is 5.44. The van der Waals surface area contributed by atoms with Crippen LogP contribution < -0.4 is 0 Å². The Morgan fingerprint density at radius 3 is 1.39 bits per heavy atom. The summed E-state index contributed by atoms with van der Waals surface area (Å²) in [5.74, 6) is 0. The van der Waals surface area contributed by atoms with Crippen LogP contribution in [0.25, 0.3) is 21.5 Å². The lowest BCUT2D eigenvalue weighted by Crippen LogP contribution is -1.79. The van der Waals surface area contributed by atoms with Gasteiger partial charge in [-0.15, -0.1) is 23.5 Å². The summed E-state index contributed by atoms with van der Waals surface area (Å²) in [7, 11) is 0. The van der Waals surface area contributed by atoms with Gasteiger partial charge in [-0.2, -0.15) is 0 Å². The monoisotopic (exact) mass is 270 g/mol. The molecule has 90 valence electrons. The quantitative estimate of drug-likeness (QED) is 0.449. The summed E-state index contributed by atoms with van der Waals surface area (Å²) < 4.78 is 0. The van der Waals surface area contributed by atoms with Gasteiger partial charge in [0.05, 0.1) is 0 Å². The van der Waals surface area contributed by atoms with Crippen LogP contribution in [0.4, 0.5) is 0 Å². The maximum atomic E-state index is 2.29. The molecular weight excluding hydrogens is 256 g/mol. The van der Waals surface area contributed by atoms with E-state index < -0.39 is 0 Å². The fraction of sp³-hybridized carbons (Fsp3) is 0.125. The highest BCUT2D eigenvalue weighted by Crippen LogP contribution is 2.28. The molecule has 0 atom stereocenters. The van der Waals surface area contributed by atoms with Gasteiger partial charge in [0, 0.05) is 9.79 Å². The summed E-state index contributed by atoms with van der Waals surface area (Å²) in [5.41, 5.74) is 0. The third kappa shape index (κ3) is 2.11. The van der Waals surface area contributed by atoms with Crippen molar-refractivity contribution in [3.63, 3.8) is 0 Å². The number of rotatable bonds is 2. The van der Waals surface area contributed by atoms with Gasteiger partial charge in [0.1, 0.15) is 0 Å². The molecule has 0 heterocycles. The normalized spacial score (nSPS) is 11.2. The van der Waals surface area contributed by atoms with Gasteiger partial charge in [0.15, 0.2) is 0 Å². The Labute approximate surface area is 116 Å². The Kier molecular flexibility index (Phi) is 3.23. The Morgan fingerprint density at radius 1 is 0.556 bits per heavy atom. The first-order valence-electron chi connectivity index (χ1n) is 5.86. The van der Waals surface area contributed by atoms with Gasteiger partial charge in [0.2, 0.25) is 0 Å². The molecule has 0 fully saturated rings. The Balaban J connectivity index is 2.28. The molecule has 0 N–H and O–H groups in total. The summed E-state index contributed by atoms with van der Waals surface area (Å²) in [6.07, 6.45) is 4.24. The smallest absolute Gasteiger partial charge is 0.00755 e. The van der Waals surface area contributed by atoms with E-state index in [0.717, 1.165) is 0 Å². The lowest BCUT2D eigenvalue weighted by Gasteiger charge is -2.05. The molecule has 0 unspecified atom stereocenters. The van der Waals surface area contributed by atoms with Gasteiger partial charge in [-0.05, 0) is 70.5 Å². The minimum Gasteiger partial charge on any atom is -0.130 e. The van der Waals surface area contributed by atoms with Crippen LogP contribution in [0.1, 0.15) is 0 Å². The average Bonchev–Trinajstić information content (AvgIpc) is 2.43. The fourth-order valence-corrected chi connectivity index (χ4v) is 3.11. The van der Waals surface area contributed by atoms with E-state index in [1.54, 1.807) is 23.5 Å². The first kappa shape index (κ1) is 11.9. The fourth-order valence-electron chi connectivity index (χ4n) is 2.21. The lowest BCUT2D eigenvalue weighted by molar-refractivity contribution is 1.50. The maximum absolute atomic E-state index is 2.29. The number of hydrogen-bond acceptors (Lipinski definition) is 2. The van der Waals surface area contributed by atoms with Crippen LogP contribution >= 0.6 is 23.5 Å². The summed E-state index contributed by atoms with van der Waals surface area (Å²) in [4.78, 5) is 2.64. The highest BCUT2D eigenvalue weighted by molar-refractivity contribution is 7.98. The molecule has 2 heteroatoms. The third-order valence-electron chi connectivity index (χ3n) is 3.21. The molecule has 0 bridgehead atoms. The van der Waals surface area contributed by atoms with Crippen LogP contribution in [0.15, 0.2) is 58.3 Å². The van der Waals surface area contributed by atoms with Gasteiger partial charge in [-0.1, -0.05) is 12.1 Å². The van der Waals surface area contributed by atoms with Crippen LogP contribution in [0.5, 0.6) is 0 Å². The largest absolute Gasteiger partial charge is 0.130 e. The van der Waals surface area contributed by atoms with Crippen molar-refractivity contribution < 1.29 is 0 Å². The molecule has 0 aromatic heterocycles. The van der Waals surface area contributed by atoms with E-state index in [1.165, 1.54) is 31.3 Å². The van der Waals surface area contributed by atoms with Crippen molar-refractivity contribution >= 4 is 45.1 Å². The first-order valence-corrected chi connectivity index (χ1v) is 8.31. The SMILES string of the molecule is CSc1ccc2cc3cc(SC)ccc3cc2c1. The van der Waals surface area contributed by atoms with Crippen LogP contribution in [-0.4, -0.2) is 12.5 Å². The number of fused-ring (bicyclic) bond motifs is 2. The van der Waals surface area contributed by atoms with Crippen molar-refractivity contribution in [1.82, 2.24) is 0 Å². The molecule has 0 aliphatic carbocycles. The molecule has 0 radical (unpaired) electrons. The van der Waals surface area contributed by atoms with Gasteiger partial charge < -0.3 is 0 Å². The van der Waals surface area contributed by atoms with Crippen molar-refractivity contribution in [2.75, 3.05) is 12.5 Å². The van der Waals surface area contributed by atoms with Crippen LogP contribution in [-0.2, 0) is 0 Å². The van der Waals surface area contributed by atoms with E-state index in [1.807, 2.05) is 0 Å². The first-order chi connectivity index (χ1) is 8.80. The Bertz CT molecular complexity index is 653. The van der Waals surface area contributed by atoms with Crippen molar-refractivity contribution in [1.29, 1.82) is 0 Å². The van der Waals surface area contributed by atoms with Crippen LogP contribution in [0.2, 0.25) is 0 Å². The van der Waals surface area contributed by atoms with Crippen molar-refractivity contribution in [2.45, 2.75) is 9.79 Å². The number of hydrogen-bond donors (Lipinski definition) is 0. The molecule has 0 aliphatic heterocycles. The summed E-state index contributed by atoms with van der Waals surface area (Å²) >= 11 is 3.58. The van der Waals surface area contributed by atoms with Crippen molar-refractivity contribution in [3.05, 3.63) is 48.5 Å². The summed E-state index contributed by atoms with van der Waals surface area (Å²) in [6, 6.07) is 17.9.